The fraction of sp³-hybridized carbons (Fsp3) is 0. The van der Waals surface area contributed by atoms with Crippen LogP contribution in [0.15, 0.2) is 47.4 Å². The molecule has 0 heterocycles. The number of nitrogens with one attached hydrogen (secondary N) is 1. The van der Waals surface area contributed by atoms with Crippen LogP contribution in [-0.2, 0) is 10.0 Å². The van der Waals surface area contributed by atoms with E-state index in [-0.39, 0.29) is 22.0 Å². The highest BCUT2D eigenvalue weighted by atomic mass is 32.2. The first kappa shape index (κ1) is 14.7. The number of benzene rings is 2. The number of halogens is 1. The minimum atomic E-state index is -4.06. The van der Waals surface area contributed by atoms with Gasteiger partial charge in [-0.25, -0.2) is 12.8 Å². The molecule has 0 atom stereocenters. The molecule has 2 rings (SSSR count). The number of nitrogens with zero attached hydrogens (tertiary/aromatic N) is 1. The van der Waals surface area contributed by atoms with Gasteiger partial charge < -0.3 is 5.73 Å². The Labute approximate surface area is 119 Å². The van der Waals surface area contributed by atoms with Crippen molar-refractivity contribution >= 4 is 27.1 Å². The lowest BCUT2D eigenvalue weighted by Gasteiger charge is -2.09. The minimum absolute atomic E-state index is 0.192. The van der Waals surface area contributed by atoms with Crippen molar-refractivity contribution in [3.63, 3.8) is 0 Å². The molecule has 2 aromatic carbocycles. The number of nitrogens with two attached hydrogens (primary N) is 1. The Kier molecular flexibility index (Phi) is 3.76. The first-order valence-corrected chi connectivity index (χ1v) is 7.10. The van der Waals surface area contributed by atoms with E-state index in [9.17, 15) is 22.9 Å². The molecule has 0 aliphatic carbocycles. The van der Waals surface area contributed by atoms with Crippen molar-refractivity contribution < 1.29 is 17.7 Å². The molecular weight excluding hydrogens is 301 g/mol. The molecule has 0 bridgehead atoms. The van der Waals surface area contributed by atoms with Gasteiger partial charge in [0.1, 0.15) is 5.82 Å². The number of sulfonamides is 1. The molecule has 110 valence electrons. The average Bonchev–Trinajstić information content (AvgIpc) is 2.43. The Morgan fingerprint density at radius 1 is 1.14 bits per heavy atom. The van der Waals surface area contributed by atoms with Crippen molar-refractivity contribution in [2.75, 3.05) is 10.5 Å². The van der Waals surface area contributed by atoms with Crippen LogP contribution in [0.3, 0.4) is 0 Å². The molecule has 21 heavy (non-hydrogen) atoms. The maximum absolute atomic E-state index is 13.5. The predicted molar refractivity (Wildman–Crippen MR) is 74.7 cm³/mol. The van der Waals surface area contributed by atoms with E-state index in [1.165, 1.54) is 6.07 Å². The molecule has 0 radical (unpaired) electrons. The lowest BCUT2D eigenvalue weighted by Crippen LogP contribution is -2.14. The third-order valence-corrected chi connectivity index (χ3v) is 3.97. The van der Waals surface area contributed by atoms with Gasteiger partial charge in [-0.2, -0.15) is 0 Å². The van der Waals surface area contributed by atoms with Gasteiger partial charge in [-0.15, -0.1) is 0 Å². The topological polar surface area (TPSA) is 115 Å². The normalized spacial score (nSPS) is 11.1. The maximum Gasteiger partial charge on any atom is 0.269 e. The van der Waals surface area contributed by atoms with E-state index in [1.807, 2.05) is 4.72 Å². The molecule has 2 aromatic rings. The highest BCUT2D eigenvalue weighted by Gasteiger charge is 2.17. The summed E-state index contributed by atoms with van der Waals surface area (Å²) >= 11 is 0. The highest BCUT2D eigenvalue weighted by Crippen LogP contribution is 2.22. The van der Waals surface area contributed by atoms with Crippen LogP contribution in [0.2, 0.25) is 0 Å². The molecule has 0 aromatic heterocycles. The van der Waals surface area contributed by atoms with E-state index in [0.717, 1.165) is 36.4 Å². The standard InChI is InChI=1S/C12H10FN3O4S/c13-11-6-1-8(14)7-12(11)15-21(19,20)10-4-2-9(3-5-10)16(17)18/h1-7,15H,14H2. The Balaban J connectivity index is 2.34. The van der Waals surface area contributed by atoms with Gasteiger partial charge in [0, 0.05) is 17.8 Å². The summed E-state index contributed by atoms with van der Waals surface area (Å²) in [6.45, 7) is 0. The van der Waals surface area contributed by atoms with Gasteiger partial charge in [0.2, 0.25) is 0 Å². The first-order valence-electron chi connectivity index (χ1n) is 5.62. The summed E-state index contributed by atoms with van der Waals surface area (Å²) in [6, 6.07) is 7.67. The minimum Gasteiger partial charge on any atom is -0.399 e. The molecule has 0 spiro atoms. The van der Waals surface area contributed by atoms with Crippen LogP contribution < -0.4 is 10.5 Å². The quantitative estimate of drug-likeness (QED) is 0.510. The van der Waals surface area contributed by atoms with E-state index < -0.39 is 20.8 Å². The Hall–Kier alpha value is -2.68. The molecule has 0 aliphatic heterocycles. The van der Waals surface area contributed by atoms with Crippen molar-refractivity contribution in [3.05, 3.63) is 58.4 Å². The van der Waals surface area contributed by atoms with Crippen LogP contribution in [0, 0.1) is 15.9 Å². The largest absolute Gasteiger partial charge is 0.399 e. The number of non-ortho nitro benzene ring substituents is 1. The van der Waals surface area contributed by atoms with E-state index in [4.69, 9.17) is 5.73 Å². The van der Waals surface area contributed by atoms with Gasteiger partial charge in [0.15, 0.2) is 0 Å². The second kappa shape index (κ2) is 5.37. The van der Waals surface area contributed by atoms with Crippen molar-refractivity contribution in [3.8, 4) is 0 Å². The summed E-state index contributed by atoms with van der Waals surface area (Å²) in [7, 11) is -4.06. The first-order chi connectivity index (χ1) is 9.79. The number of hydrogen-bond donors (Lipinski definition) is 2. The van der Waals surface area contributed by atoms with Crippen LogP contribution >= 0.6 is 0 Å². The van der Waals surface area contributed by atoms with E-state index in [1.54, 1.807) is 0 Å². The van der Waals surface area contributed by atoms with Crippen LogP contribution in [0.4, 0.5) is 21.5 Å². The smallest absolute Gasteiger partial charge is 0.269 e. The zero-order chi connectivity index (χ0) is 15.6. The molecule has 7 nitrogen and oxygen atoms in total. The maximum atomic E-state index is 13.5. The number of nitrogen functional groups attached to an aromatic ring is 1. The predicted octanol–water partition coefficient (Wildman–Crippen LogP) is 2.12. The second-order valence-electron chi connectivity index (χ2n) is 4.10. The van der Waals surface area contributed by atoms with E-state index in [2.05, 4.69) is 0 Å². The fourth-order valence-corrected chi connectivity index (χ4v) is 2.63. The third kappa shape index (κ3) is 3.26. The van der Waals surface area contributed by atoms with Crippen molar-refractivity contribution in [2.45, 2.75) is 4.90 Å². The van der Waals surface area contributed by atoms with Gasteiger partial charge >= 0.3 is 0 Å². The lowest BCUT2D eigenvalue weighted by atomic mass is 10.3. The number of rotatable bonds is 4. The SMILES string of the molecule is Nc1ccc(F)c(NS(=O)(=O)c2ccc([N+](=O)[O-])cc2)c1. The Bertz CT molecular complexity index is 791. The number of nitro benzene ring substituents is 1. The summed E-state index contributed by atoms with van der Waals surface area (Å²) in [4.78, 5) is 9.63. The van der Waals surface area contributed by atoms with Crippen LogP contribution in [0.25, 0.3) is 0 Å². The molecule has 9 heteroatoms. The van der Waals surface area contributed by atoms with Crippen LogP contribution in [-0.4, -0.2) is 13.3 Å². The van der Waals surface area contributed by atoms with Crippen molar-refractivity contribution in [1.82, 2.24) is 0 Å². The number of anilines is 2. The molecule has 0 fully saturated rings. The highest BCUT2D eigenvalue weighted by molar-refractivity contribution is 7.92. The van der Waals surface area contributed by atoms with Gasteiger partial charge in [0.05, 0.1) is 15.5 Å². The average molecular weight is 311 g/mol. The van der Waals surface area contributed by atoms with E-state index in [0.29, 0.717) is 0 Å². The molecule has 0 amide bonds. The molecule has 3 N–H and O–H groups in total. The van der Waals surface area contributed by atoms with E-state index >= 15 is 0 Å². The molecule has 0 unspecified atom stereocenters. The van der Waals surface area contributed by atoms with Crippen LogP contribution in [0.5, 0.6) is 0 Å². The fourth-order valence-electron chi connectivity index (χ4n) is 1.57. The Morgan fingerprint density at radius 2 is 1.76 bits per heavy atom. The number of hydrogen-bond acceptors (Lipinski definition) is 5. The molecule has 0 saturated heterocycles. The van der Waals surface area contributed by atoms with Gasteiger partial charge in [0.25, 0.3) is 15.7 Å². The zero-order valence-electron chi connectivity index (χ0n) is 10.5. The van der Waals surface area contributed by atoms with Crippen molar-refractivity contribution in [2.24, 2.45) is 0 Å². The summed E-state index contributed by atoms with van der Waals surface area (Å²) < 4.78 is 39.7. The van der Waals surface area contributed by atoms with Crippen molar-refractivity contribution in [1.29, 1.82) is 0 Å². The summed E-state index contributed by atoms with van der Waals surface area (Å²) in [5, 5.41) is 10.5. The van der Waals surface area contributed by atoms with Gasteiger partial charge in [-0.05, 0) is 30.3 Å². The summed E-state index contributed by atoms with van der Waals surface area (Å²) in [6.07, 6.45) is 0. The summed E-state index contributed by atoms with van der Waals surface area (Å²) in [5.74, 6) is -0.783. The summed E-state index contributed by atoms with van der Waals surface area (Å²) in [5.41, 5.74) is 5.11. The zero-order valence-corrected chi connectivity index (χ0v) is 11.3. The van der Waals surface area contributed by atoms with Gasteiger partial charge in [-0.1, -0.05) is 0 Å². The van der Waals surface area contributed by atoms with Crippen LogP contribution in [0.1, 0.15) is 0 Å². The second-order valence-corrected chi connectivity index (χ2v) is 5.78. The monoisotopic (exact) mass is 311 g/mol. The molecule has 0 aliphatic rings. The van der Waals surface area contributed by atoms with Gasteiger partial charge in [-0.3, -0.25) is 14.8 Å². The molecular formula is C12H10FN3O4S. The lowest BCUT2D eigenvalue weighted by molar-refractivity contribution is -0.384. The Morgan fingerprint density at radius 3 is 2.33 bits per heavy atom. The number of nitro groups is 1. The molecule has 0 saturated carbocycles. The third-order valence-electron chi connectivity index (χ3n) is 2.59.